The van der Waals surface area contributed by atoms with E-state index in [1.165, 1.54) is 18.9 Å². The van der Waals surface area contributed by atoms with Crippen LogP contribution in [0.15, 0.2) is 0 Å². The van der Waals surface area contributed by atoms with Crippen LogP contribution in [-0.4, -0.2) is 49.7 Å². The molecule has 2 unspecified atom stereocenters. The zero-order valence-electron chi connectivity index (χ0n) is 10.9. The summed E-state index contributed by atoms with van der Waals surface area (Å²) in [5.74, 6) is 0.550. The lowest BCUT2D eigenvalue weighted by molar-refractivity contribution is -0.144. The maximum atomic E-state index is 11.5. The number of ether oxygens (including phenoxy) is 2. The molecule has 104 valence electrons. The van der Waals surface area contributed by atoms with E-state index in [2.05, 4.69) is 10.1 Å². The summed E-state index contributed by atoms with van der Waals surface area (Å²) in [6.07, 6.45) is 2.27. The summed E-state index contributed by atoms with van der Waals surface area (Å²) in [4.78, 5) is 22.7. The number of carbonyl (C=O) groups is 2. The highest BCUT2D eigenvalue weighted by Gasteiger charge is 2.17. The van der Waals surface area contributed by atoms with Crippen LogP contribution in [0.25, 0.3) is 0 Å². The minimum atomic E-state index is -0.234. The molecular weight excluding hydrogens is 254 g/mol. The molecule has 0 bridgehead atoms. The molecule has 0 saturated carbocycles. The molecule has 0 spiro atoms. The maximum Gasteiger partial charge on any atom is 0.309 e. The van der Waals surface area contributed by atoms with E-state index < -0.39 is 0 Å². The van der Waals surface area contributed by atoms with Crippen LogP contribution >= 0.6 is 11.8 Å². The summed E-state index contributed by atoms with van der Waals surface area (Å²) < 4.78 is 10.0. The van der Waals surface area contributed by atoms with E-state index in [0.717, 1.165) is 19.4 Å². The number of thioether (sulfide) groups is 1. The normalized spacial score (nSPS) is 20.4. The van der Waals surface area contributed by atoms with Gasteiger partial charge in [0.1, 0.15) is 0 Å². The van der Waals surface area contributed by atoms with Gasteiger partial charge in [0.25, 0.3) is 0 Å². The summed E-state index contributed by atoms with van der Waals surface area (Å²) in [7, 11) is 1.37. The number of nitrogens with one attached hydrogen (secondary N) is 1. The fraction of sp³-hybridized carbons (Fsp3) is 0.833. The van der Waals surface area contributed by atoms with Crippen LogP contribution in [0, 0.1) is 5.92 Å². The zero-order chi connectivity index (χ0) is 13.4. The standard InChI is InChI=1S/C12H21NO4S/c1-9(12(15)16-2)7-18-8-11(14)13-6-10-4-3-5-17-10/h9-10H,3-8H2,1-2H3,(H,13,14). The first kappa shape index (κ1) is 15.3. The van der Waals surface area contributed by atoms with Crippen molar-refractivity contribution in [2.75, 3.05) is 31.8 Å². The quantitative estimate of drug-likeness (QED) is 0.697. The highest BCUT2D eigenvalue weighted by molar-refractivity contribution is 7.99. The SMILES string of the molecule is COC(=O)C(C)CSCC(=O)NCC1CCCO1. The maximum absolute atomic E-state index is 11.5. The Morgan fingerprint density at radius 2 is 2.33 bits per heavy atom. The third-order valence-electron chi connectivity index (χ3n) is 2.76. The van der Waals surface area contributed by atoms with Crippen molar-refractivity contribution in [1.29, 1.82) is 0 Å². The van der Waals surface area contributed by atoms with Crippen LogP contribution in [0.3, 0.4) is 0 Å². The van der Waals surface area contributed by atoms with Crippen LogP contribution in [-0.2, 0) is 19.1 Å². The molecule has 0 aromatic heterocycles. The molecule has 2 atom stereocenters. The molecule has 1 aliphatic rings. The van der Waals surface area contributed by atoms with Crippen molar-refractivity contribution in [3.63, 3.8) is 0 Å². The van der Waals surface area contributed by atoms with Gasteiger partial charge >= 0.3 is 5.97 Å². The van der Waals surface area contributed by atoms with Crippen molar-refractivity contribution in [3.05, 3.63) is 0 Å². The van der Waals surface area contributed by atoms with Crippen LogP contribution < -0.4 is 5.32 Å². The lowest BCUT2D eigenvalue weighted by Crippen LogP contribution is -2.33. The van der Waals surface area contributed by atoms with Crippen molar-refractivity contribution in [2.45, 2.75) is 25.9 Å². The number of hydrogen-bond acceptors (Lipinski definition) is 5. The van der Waals surface area contributed by atoms with E-state index in [1.54, 1.807) is 6.92 Å². The van der Waals surface area contributed by atoms with Crippen LogP contribution in [0.4, 0.5) is 0 Å². The Balaban J connectivity index is 2.04. The van der Waals surface area contributed by atoms with Crippen LogP contribution in [0.5, 0.6) is 0 Å². The minimum Gasteiger partial charge on any atom is -0.469 e. The van der Waals surface area contributed by atoms with Crippen LogP contribution in [0.2, 0.25) is 0 Å². The number of rotatable bonds is 7. The lowest BCUT2D eigenvalue weighted by Gasteiger charge is -2.11. The Hall–Kier alpha value is -0.750. The fourth-order valence-electron chi connectivity index (χ4n) is 1.68. The topological polar surface area (TPSA) is 64.6 Å². The number of amides is 1. The van der Waals surface area contributed by atoms with Gasteiger partial charge in [0.2, 0.25) is 5.91 Å². The first-order valence-electron chi connectivity index (χ1n) is 6.17. The molecule has 1 aliphatic heterocycles. The molecule has 0 aromatic carbocycles. The summed E-state index contributed by atoms with van der Waals surface area (Å²) >= 11 is 1.44. The third-order valence-corrected chi connectivity index (χ3v) is 3.96. The minimum absolute atomic E-state index is 0.00688. The Morgan fingerprint density at radius 3 is 2.94 bits per heavy atom. The first-order chi connectivity index (χ1) is 8.63. The fourth-order valence-corrected chi connectivity index (χ4v) is 2.58. The second-order valence-corrected chi connectivity index (χ2v) is 5.41. The first-order valence-corrected chi connectivity index (χ1v) is 7.32. The highest BCUT2D eigenvalue weighted by atomic mass is 32.2. The summed E-state index contributed by atoms with van der Waals surface area (Å²) in [5.41, 5.74) is 0. The van der Waals surface area contributed by atoms with E-state index in [0.29, 0.717) is 18.1 Å². The third kappa shape index (κ3) is 5.73. The van der Waals surface area contributed by atoms with Crippen LogP contribution in [0.1, 0.15) is 19.8 Å². The summed E-state index contributed by atoms with van der Waals surface area (Å²) in [5, 5.41) is 2.84. The second-order valence-electron chi connectivity index (χ2n) is 4.38. The Morgan fingerprint density at radius 1 is 1.56 bits per heavy atom. The Bertz CT molecular complexity index is 279. The van der Waals surface area contributed by atoms with Crippen molar-refractivity contribution in [3.8, 4) is 0 Å². The molecule has 1 saturated heterocycles. The molecule has 1 amide bonds. The lowest BCUT2D eigenvalue weighted by atomic mass is 10.2. The molecule has 0 aromatic rings. The second kappa shape index (κ2) is 8.37. The molecule has 1 rings (SSSR count). The predicted octanol–water partition coefficient (Wildman–Crippen LogP) is 0.824. The van der Waals surface area contributed by atoms with Gasteiger partial charge in [-0.1, -0.05) is 6.92 Å². The smallest absolute Gasteiger partial charge is 0.309 e. The molecule has 5 nitrogen and oxygen atoms in total. The Kier molecular flexibility index (Phi) is 7.12. The van der Waals surface area contributed by atoms with Crippen molar-refractivity contribution in [2.24, 2.45) is 5.92 Å². The van der Waals surface area contributed by atoms with Crippen molar-refractivity contribution < 1.29 is 19.1 Å². The van der Waals surface area contributed by atoms with Gasteiger partial charge < -0.3 is 14.8 Å². The van der Waals surface area contributed by atoms with E-state index in [9.17, 15) is 9.59 Å². The van der Waals surface area contributed by atoms with Crippen molar-refractivity contribution >= 4 is 23.6 Å². The van der Waals surface area contributed by atoms with E-state index >= 15 is 0 Å². The van der Waals surface area contributed by atoms with Gasteiger partial charge in [0.05, 0.1) is 24.9 Å². The average molecular weight is 275 g/mol. The monoisotopic (exact) mass is 275 g/mol. The molecule has 18 heavy (non-hydrogen) atoms. The zero-order valence-corrected chi connectivity index (χ0v) is 11.8. The van der Waals surface area contributed by atoms with Gasteiger partial charge in [-0.05, 0) is 12.8 Å². The number of esters is 1. The molecule has 6 heteroatoms. The van der Waals surface area contributed by atoms with Gasteiger partial charge in [-0.2, -0.15) is 11.8 Å². The van der Waals surface area contributed by atoms with E-state index in [-0.39, 0.29) is 23.9 Å². The summed E-state index contributed by atoms with van der Waals surface area (Å²) in [6.45, 7) is 3.18. The van der Waals surface area contributed by atoms with Gasteiger partial charge in [-0.25, -0.2) is 0 Å². The predicted molar refractivity (Wildman–Crippen MR) is 70.5 cm³/mol. The number of methoxy groups -OCH3 is 1. The van der Waals surface area contributed by atoms with Crippen molar-refractivity contribution in [1.82, 2.24) is 5.32 Å². The largest absolute Gasteiger partial charge is 0.469 e. The van der Waals surface area contributed by atoms with Gasteiger partial charge in [-0.15, -0.1) is 0 Å². The number of hydrogen-bond donors (Lipinski definition) is 1. The van der Waals surface area contributed by atoms with Gasteiger partial charge in [-0.3, -0.25) is 9.59 Å². The molecular formula is C12H21NO4S. The molecule has 0 radical (unpaired) electrons. The highest BCUT2D eigenvalue weighted by Crippen LogP contribution is 2.11. The molecule has 1 fully saturated rings. The number of carbonyl (C=O) groups excluding carboxylic acids is 2. The Labute approximate surface area is 112 Å². The average Bonchev–Trinajstić information content (AvgIpc) is 2.88. The molecule has 1 N–H and O–H groups in total. The molecule has 0 aliphatic carbocycles. The van der Waals surface area contributed by atoms with E-state index in [1.807, 2.05) is 0 Å². The van der Waals surface area contributed by atoms with E-state index in [4.69, 9.17) is 4.74 Å². The van der Waals surface area contributed by atoms with Gasteiger partial charge in [0.15, 0.2) is 0 Å². The molecule has 1 heterocycles. The summed E-state index contributed by atoms with van der Waals surface area (Å²) in [6, 6.07) is 0. The van der Waals surface area contributed by atoms with Gasteiger partial charge in [0, 0.05) is 18.9 Å².